The minimum Gasteiger partial charge on any atom is -0.316 e. The second-order valence-electron chi connectivity index (χ2n) is 4.54. The predicted octanol–water partition coefficient (Wildman–Crippen LogP) is 2.27. The topological polar surface area (TPSA) is 49.4 Å². The molecule has 1 aliphatic rings. The Morgan fingerprint density at radius 3 is 2.75 bits per heavy atom. The van der Waals surface area contributed by atoms with Crippen LogP contribution in [0.5, 0.6) is 0 Å². The van der Waals surface area contributed by atoms with E-state index in [1.54, 1.807) is 7.05 Å². The van der Waals surface area contributed by atoms with Crippen LogP contribution in [-0.4, -0.2) is 38.9 Å². The van der Waals surface area contributed by atoms with Crippen LogP contribution in [-0.2, 0) is 10.0 Å². The van der Waals surface area contributed by atoms with Crippen molar-refractivity contribution in [2.24, 2.45) is 0 Å². The Labute approximate surface area is 129 Å². The monoisotopic (exact) mass is 342 g/mol. The number of likely N-dealkylation sites (N-methyl/N-ethyl adjacent to an activating group) is 1. The summed E-state index contributed by atoms with van der Waals surface area (Å²) in [5.74, 6) is -0.806. The van der Waals surface area contributed by atoms with Gasteiger partial charge in [-0.25, -0.2) is 12.8 Å². The number of hydrogen-bond donors (Lipinski definition) is 1. The largest absolute Gasteiger partial charge is 0.316 e. The van der Waals surface area contributed by atoms with Crippen LogP contribution in [0.3, 0.4) is 0 Å². The van der Waals surface area contributed by atoms with Crippen LogP contribution in [0.1, 0.15) is 12.8 Å². The maximum Gasteiger partial charge on any atom is 0.247 e. The van der Waals surface area contributed by atoms with Crippen molar-refractivity contribution < 1.29 is 12.8 Å². The first-order chi connectivity index (χ1) is 8.96. The highest BCUT2D eigenvalue weighted by Gasteiger charge is 2.33. The van der Waals surface area contributed by atoms with Crippen LogP contribution < -0.4 is 5.32 Å². The third-order valence-corrected chi connectivity index (χ3v) is 5.68. The van der Waals surface area contributed by atoms with E-state index in [2.05, 4.69) is 5.32 Å². The summed E-state index contributed by atoms with van der Waals surface area (Å²) in [6.07, 6.45) is 1.66. The van der Waals surface area contributed by atoms with Gasteiger partial charge in [-0.15, -0.1) is 12.4 Å². The summed E-state index contributed by atoms with van der Waals surface area (Å²) in [4.78, 5) is -0.423. The van der Waals surface area contributed by atoms with Gasteiger partial charge >= 0.3 is 0 Å². The van der Waals surface area contributed by atoms with Gasteiger partial charge in [0.15, 0.2) is 0 Å². The molecule has 4 nitrogen and oxygen atoms in total. The Hall–Kier alpha value is -0.400. The van der Waals surface area contributed by atoms with Crippen LogP contribution in [0.15, 0.2) is 23.1 Å². The molecule has 1 aliphatic heterocycles. The van der Waals surface area contributed by atoms with E-state index in [-0.39, 0.29) is 23.5 Å². The standard InChI is InChI=1S/C12H16ClFN2O2S.ClH/c1-15-9-4-3-7-16(8-9)19(17,18)12-10(13)5-2-6-11(12)14;/h2,5-6,9,15H,3-4,7-8H2,1H3;1H. The Kier molecular flexibility index (Phi) is 6.22. The van der Waals surface area contributed by atoms with Gasteiger partial charge in [0.1, 0.15) is 10.7 Å². The number of hydrogen-bond acceptors (Lipinski definition) is 3. The number of rotatable bonds is 3. The van der Waals surface area contributed by atoms with Crippen molar-refractivity contribution in [2.45, 2.75) is 23.8 Å². The summed E-state index contributed by atoms with van der Waals surface area (Å²) in [7, 11) is -2.09. The molecule has 1 aromatic carbocycles. The number of nitrogens with zero attached hydrogens (tertiary/aromatic N) is 1. The third-order valence-electron chi connectivity index (χ3n) is 3.31. The van der Waals surface area contributed by atoms with Crippen molar-refractivity contribution in [3.05, 3.63) is 29.0 Å². The Morgan fingerprint density at radius 1 is 1.45 bits per heavy atom. The lowest BCUT2D eigenvalue weighted by Crippen LogP contribution is -2.47. The van der Waals surface area contributed by atoms with Gasteiger partial charge in [-0.2, -0.15) is 4.31 Å². The van der Waals surface area contributed by atoms with E-state index in [0.717, 1.165) is 18.9 Å². The highest BCUT2D eigenvalue weighted by atomic mass is 35.5. The number of halogens is 3. The molecule has 20 heavy (non-hydrogen) atoms. The molecule has 0 aliphatic carbocycles. The SMILES string of the molecule is CNC1CCCN(S(=O)(=O)c2c(F)cccc2Cl)C1.Cl. The lowest BCUT2D eigenvalue weighted by atomic mass is 10.1. The molecule has 1 heterocycles. The molecule has 1 fully saturated rings. The second-order valence-corrected chi connectivity index (χ2v) is 6.82. The molecule has 1 aromatic rings. The molecular formula is C12H17Cl2FN2O2S. The summed E-state index contributed by atoms with van der Waals surface area (Å²) in [5, 5.41) is 2.98. The molecule has 0 amide bonds. The maximum atomic E-state index is 13.8. The third kappa shape index (κ3) is 3.43. The fourth-order valence-electron chi connectivity index (χ4n) is 2.25. The normalized spacial score (nSPS) is 20.4. The first kappa shape index (κ1) is 17.7. The lowest BCUT2D eigenvalue weighted by molar-refractivity contribution is 0.292. The second kappa shape index (κ2) is 7.04. The number of sulfonamides is 1. The summed E-state index contributed by atoms with van der Waals surface area (Å²) in [5.41, 5.74) is 0. The molecule has 0 radical (unpaired) electrons. The fourth-order valence-corrected chi connectivity index (χ4v) is 4.34. The highest BCUT2D eigenvalue weighted by Crippen LogP contribution is 2.28. The summed E-state index contributed by atoms with van der Waals surface area (Å²) < 4.78 is 40.0. The summed E-state index contributed by atoms with van der Waals surface area (Å²) in [6.45, 7) is 0.731. The zero-order valence-electron chi connectivity index (χ0n) is 11.0. The van der Waals surface area contributed by atoms with Gasteiger partial charge < -0.3 is 5.32 Å². The molecule has 114 valence electrons. The maximum absolute atomic E-state index is 13.8. The molecule has 1 N–H and O–H groups in total. The summed E-state index contributed by atoms with van der Waals surface area (Å²) >= 11 is 5.84. The molecule has 1 atom stereocenters. The van der Waals surface area contributed by atoms with Gasteiger partial charge in [-0.05, 0) is 32.0 Å². The molecular weight excluding hydrogens is 326 g/mol. The van der Waals surface area contributed by atoms with Crippen LogP contribution in [0, 0.1) is 5.82 Å². The van der Waals surface area contributed by atoms with Gasteiger partial charge in [0, 0.05) is 19.1 Å². The van der Waals surface area contributed by atoms with E-state index >= 15 is 0 Å². The average molecular weight is 343 g/mol. The van der Waals surface area contributed by atoms with Crippen LogP contribution >= 0.6 is 24.0 Å². The minimum atomic E-state index is -3.88. The molecule has 8 heteroatoms. The Morgan fingerprint density at radius 2 is 2.15 bits per heavy atom. The van der Waals surface area contributed by atoms with E-state index < -0.39 is 20.7 Å². The molecule has 2 rings (SSSR count). The summed E-state index contributed by atoms with van der Waals surface area (Å²) in [6, 6.07) is 3.98. The van der Waals surface area contributed by atoms with Crippen LogP contribution in [0.4, 0.5) is 4.39 Å². The van der Waals surface area contributed by atoms with Crippen LogP contribution in [0.25, 0.3) is 0 Å². The first-order valence-corrected chi connectivity index (χ1v) is 7.90. The fraction of sp³-hybridized carbons (Fsp3) is 0.500. The Balaban J connectivity index is 0.00000200. The van der Waals surface area contributed by atoms with Gasteiger partial charge in [0.25, 0.3) is 0 Å². The van der Waals surface area contributed by atoms with Gasteiger partial charge in [-0.1, -0.05) is 17.7 Å². The van der Waals surface area contributed by atoms with E-state index in [0.29, 0.717) is 13.1 Å². The molecule has 1 saturated heterocycles. The van der Waals surface area contributed by atoms with Crippen molar-refractivity contribution in [2.75, 3.05) is 20.1 Å². The smallest absolute Gasteiger partial charge is 0.247 e. The van der Waals surface area contributed by atoms with Crippen molar-refractivity contribution in [3.63, 3.8) is 0 Å². The van der Waals surface area contributed by atoms with E-state index in [9.17, 15) is 12.8 Å². The molecule has 0 aromatic heterocycles. The first-order valence-electron chi connectivity index (χ1n) is 6.08. The van der Waals surface area contributed by atoms with E-state index in [1.165, 1.54) is 16.4 Å². The average Bonchev–Trinajstić information content (AvgIpc) is 2.38. The van der Waals surface area contributed by atoms with Crippen molar-refractivity contribution in [1.82, 2.24) is 9.62 Å². The van der Waals surface area contributed by atoms with E-state index in [1.807, 2.05) is 0 Å². The molecule has 1 unspecified atom stereocenters. The van der Waals surface area contributed by atoms with E-state index in [4.69, 9.17) is 11.6 Å². The molecule has 0 saturated carbocycles. The molecule has 0 bridgehead atoms. The number of nitrogens with one attached hydrogen (secondary N) is 1. The quantitative estimate of drug-likeness (QED) is 0.916. The van der Waals surface area contributed by atoms with Gasteiger partial charge in [0.2, 0.25) is 10.0 Å². The number of piperidine rings is 1. The lowest BCUT2D eigenvalue weighted by Gasteiger charge is -2.31. The zero-order valence-corrected chi connectivity index (χ0v) is 13.4. The predicted molar refractivity (Wildman–Crippen MR) is 79.5 cm³/mol. The van der Waals surface area contributed by atoms with Gasteiger partial charge in [0.05, 0.1) is 5.02 Å². The van der Waals surface area contributed by atoms with Crippen LogP contribution in [0.2, 0.25) is 5.02 Å². The van der Waals surface area contributed by atoms with Crippen molar-refractivity contribution >= 4 is 34.0 Å². The van der Waals surface area contributed by atoms with Crippen molar-refractivity contribution in [3.8, 4) is 0 Å². The minimum absolute atomic E-state index is 0. The Bertz CT molecular complexity index is 548. The zero-order chi connectivity index (χ0) is 14.0. The van der Waals surface area contributed by atoms with Crippen molar-refractivity contribution in [1.29, 1.82) is 0 Å². The number of benzene rings is 1. The highest BCUT2D eigenvalue weighted by molar-refractivity contribution is 7.89. The molecule has 0 spiro atoms. The van der Waals surface area contributed by atoms with Gasteiger partial charge in [-0.3, -0.25) is 0 Å².